The summed E-state index contributed by atoms with van der Waals surface area (Å²) in [6.45, 7) is 2.22. The molecule has 3 aromatic carbocycles. The Hall–Kier alpha value is -3.57. The predicted octanol–water partition coefficient (Wildman–Crippen LogP) is 5.73. The van der Waals surface area contributed by atoms with Gasteiger partial charge in [-0.25, -0.2) is 0 Å². The Balaban J connectivity index is 1.53. The Bertz CT molecular complexity index is 1160. The van der Waals surface area contributed by atoms with Crippen LogP contribution in [0.15, 0.2) is 83.5 Å². The van der Waals surface area contributed by atoms with Crippen molar-refractivity contribution in [3.63, 3.8) is 0 Å². The van der Waals surface area contributed by atoms with E-state index in [4.69, 9.17) is 21.1 Å². The molecule has 0 spiro atoms. The predicted molar refractivity (Wildman–Crippen MR) is 124 cm³/mol. The number of anilines is 1. The third-order valence-corrected chi connectivity index (χ3v) is 5.12. The monoisotopic (exact) mass is 432 g/mol. The highest BCUT2D eigenvalue weighted by atomic mass is 35.5. The molecule has 3 aromatic rings. The molecule has 0 N–H and O–H groups in total. The molecule has 4 rings (SSSR count). The Morgan fingerprint density at radius 3 is 2.45 bits per heavy atom. The van der Waals surface area contributed by atoms with Crippen LogP contribution in [0, 0.1) is 0 Å². The van der Waals surface area contributed by atoms with Crippen LogP contribution in [0.25, 0.3) is 6.08 Å². The summed E-state index contributed by atoms with van der Waals surface area (Å²) in [5, 5.41) is 6.52. The minimum Gasteiger partial charge on any atom is -0.493 e. The molecule has 1 heterocycles. The first-order valence-corrected chi connectivity index (χ1v) is 10.1. The molecule has 1 amide bonds. The number of halogens is 1. The van der Waals surface area contributed by atoms with E-state index in [-0.39, 0.29) is 5.91 Å². The van der Waals surface area contributed by atoms with Gasteiger partial charge in [-0.1, -0.05) is 48.0 Å². The van der Waals surface area contributed by atoms with Crippen molar-refractivity contribution in [3.8, 4) is 11.5 Å². The van der Waals surface area contributed by atoms with E-state index in [1.54, 1.807) is 7.11 Å². The van der Waals surface area contributed by atoms with Gasteiger partial charge in [0.25, 0.3) is 5.91 Å². The number of nitrogens with zero attached hydrogens (tertiary/aromatic N) is 2. The van der Waals surface area contributed by atoms with Gasteiger partial charge in [-0.15, -0.1) is 0 Å². The van der Waals surface area contributed by atoms with Crippen molar-refractivity contribution < 1.29 is 14.3 Å². The SMILES string of the molecule is COc1cc(C=C2C(=O)N(c3ccccc3)N=C2C)ccc1OCc1ccc(Cl)cc1. The quantitative estimate of drug-likeness (QED) is 0.467. The van der Waals surface area contributed by atoms with Crippen LogP contribution in [0.4, 0.5) is 5.69 Å². The van der Waals surface area contributed by atoms with E-state index in [0.717, 1.165) is 16.8 Å². The number of ether oxygens (including phenoxy) is 2. The maximum absolute atomic E-state index is 12.9. The van der Waals surface area contributed by atoms with Crippen LogP contribution < -0.4 is 14.5 Å². The standard InChI is InChI=1S/C25H21ClN2O3/c1-17-22(25(29)28(27-17)21-6-4-3-5-7-21)14-19-10-13-23(24(15-19)30-2)31-16-18-8-11-20(26)12-9-18/h3-15H,16H2,1-2H3. The van der Waals surface area contributed by atoms with Crippen LogP contribution in [0.5, 0.6) is 11.5 Å². The second-order valence-corrected chi connectivity index (χ2v) is 7.46. The van der Waals surface area contributed by atoms with E-state index >= 15 is 0 Å². The molecule has 0 aromatic heterocycles. The van der Waals surface area contributed by atoms with Crippen LogP contribution in [-0.4, -0.2) is 18.7 Å². The maximum atomic E-state index is 12.9. The van der Waals surface area contributed by atoms with Crippen molar-refractivity contribution in [2.75, 3.05) is 12.1 Å². The summed E-state index contributed by atoms with van der Waals surface area (Å²) in [6, 6.07) is 22.4. The second-order valence-electron chi connectivity index (χ2n) is 7.02. The smallest absolute Gasteiger partial charge is 0.280 e. The van der Waals surface area contributed by atoms with Gasteiger partial charge in [0.05, 0.1) is 24.1 Å². The number of hydrogen-bond donors (Lipinski definition) is 0. The Labute approximate surface area is 186 Å². The number of carbonyl (C=O) groups excluding carboxylic acids is 1. The van der Waals surface area contributed by atoms with E-state index in [0.29, 0.717) is 34.4 Å². The molecule has 0 saturated carbocycles. The average Bonchev–Trinajstić information content (AvgIpc) is 3.08. The van der Waals surface area contributed by atoms with E-state index in [9.17, 15) is 4.79 Å². The Kier molecular flexibility index (Phi) is 6.05. The number of carbonyl (C=O) groups is 1. The van der Waals surface area contributed by atoms with E-state index in [1.807, 2.05) is 85.8 Å². The van der Waals surface area contributed by atoms with Gasteiger partial charge in [0.15, 0.2) is 11.5 Å². The summed E-state index contributed by atoms with van der Waals surface area (Å²) < 4.78 is 11.4. The second kappa shape index (κ2) is 9.06. The van der Waals surface area contributed by atoms with Crippen molar-refractivity contribution in [1.29, 1.82) is 0 Å². The minimum absolute atomic E-state index is 0.161. The molecular formula is C25H21ClN2O3. The van der Waals surface area contributed by atoms with Crippen molar-refractivity contribution in [3.05, 3.63) is 94.5 Å². The summed E-state index contributed by atoms with van der Waals surface area (Å²) in [5.41, 5.74) is 3.76. The van der Waals surface area contributed by atoms with Crippen LogP contribution in [-0.2, 0) is 11.4 Å². The fraction of sp³-hybridized carbons (Fsp3) is 0.120. The summed E-state index contributed by atoms with van der Waals surface area (Å²) in [4.78, 5) is 12.9. The molecular weight excluding hydrogens is 412 g/mol. The lowest BCUT2D eigenvalue weighted by molar-refractivity contribution is -0.114. The van der Waals surface area contributed by atoms with Crippen molar-refractivity contribution in [2.45, 2.75) is 13.5 Å². The maximum Gasteiger partial charge on any atom is 0.280 e. The van der Waals surface area contributed by atoms with Crippen LogP contribution >= 0.6 is 11.6 Å². The molecule has 0 fully saturated rings. The number of hydrogen-bond acceptors (Lipinski definition) is 4. The molecule has 5 nitrogen and oxygen atoms in total. The van der Waals surface area contributed by atoms with Gasteiger partial charge in [0, 0.05) is 5.02 Å². The molecule has 0 saturated heterocycles. The molecule has 156 valence electrons. The summed E-state index contributed by atoms with van der Waals surface area (Å²) >= 11 is 5.93. The van der Waals surface area contributed by atoms with Crippen LogP contribution in [0.2, 0.25) is 5.02 Å². The number of rotatable bonds is 6. The summed E-state index contributed by atoms with van der Waals surface area (Å²) in [5.74, 6) is 1.04. The molecule has 0 bridgehead atoms. The van der Waals surface area contributed by atoms with Gasteiger partial charge < -0.3 is 9.47 Å². The highest BCUT2D eigenvalue weighted by Gasteiger charge is 2.28. The zero-order valence-corrected chi connectivity index (χ0v) is 18.0. The highest BCUT2D eigenvalue weighted by Crippen LogP contribution is 2.31. The lowest BCUT2D eigenvalue weighted by Gasteiger charge is -2.12. The molecule has 0 atom stereocenters. The third-order valence-electron chi connectivity index (χ3n) is 4.87. The average molecular weight is 433 g/mol. The number of amides is 1. The van der Waals surface area contributed by atoms with E-state index in [2.05, 4.69) is 5.10 Å². The minimum atomic E-state index is -0.161. The first-order chi connectivity index (χ1) is 15.0. The number of hydrazone groups is 1. The summed E-state index contributed by atoms with van der Waals surface area (Å²) in [7, 11) is 1.59. The van der Waals surface area contributed by atoms with Gasteiger partial charge in [-0.2, -0.15) is 10.1 Å². The topological polar surface area (TPSA) is 51.1 Å². The molecule has 0 unspecified atom stereocenters. The molecule has 1 aliphatic rings. The van der Waals surface area contributed by atoms with Gasteiger partial charge in [-0.05, 0) is 60.5 Å². The van der Waals surface area contributed by atoms with Crippen molar-refractivity contribution >= 4 is 35.0 Å². The molecule has 0 aliphatic carbocycles. The zero-order valence-electron chi connectivity index (χ0n) is 17.2. The van der Waals surface area contributed by atoms with Gasteiger partial charge in [-0.3, -0.25) is 4.79 Å². The normalized spacial score (nSPS) is 14.7. The largest absolute Gasteiger partial charge is 0.493 e. The first-order valence-electron chi connectivity index (χ1n) is 9.77. The zero-order chi connectivity index (χ0) is 21.8. The molecule has 0 radical (unpaired) electrons. The van der Waals surface area contributed by atoms with E-state index < -0.39 is 0 Å². The molecule has 1 aliphatic heterocycles. The van der Waals surface area contributed by atoms with E-state index in [1.165, 1.54) is 5.01 Å². The van der Waals surface area contributed by atoms with Gasteiger partial charge >= 0.3 is 0 Å². The lowest BCUT2D eigenvalue weighted by atomic mass is 10.1. The summed E-state index contributed by atoms with van der Waals surface area (Å²) in [6.07, 6.45) is 1.82. The number of para-hydroxylation sites is 1. The first kappa shape index (κ1) is 20.7. The Morgan fingerprint density at radius 2 is 1.74 bits per heavy atom. The molecule has 31 heavy (non-hydrogen) atoms. The van der Waals surface area contributed by atoms with Crippen LogP contribution in [0.1, 0.15) is 18.1 Å². The van der Waals surface area contributed by atoms with Gasteiger partial charge in [0.2, 0.25) is 0 Å². The Morgan fingerprint density at radius 1 is 1.00 bits per heavy atom. The van der Waals surface area contributed by atoms with Gasteiger partial charge in [0.1, 0.15) is 6.61 Å². The highest BCUT2D eigenvalue weighted by molar-refractivity contribution is 6.32. The van der Waals surface area contributed by atoms with Crippen LogP contribution in [0.3, 0.4) is 0 Å². The van der Waals surface area contributed by atoms with Crippen molar-refractivity contribution in [2.24, 2.45) is 5.10 Å². The third kappa shape index (κ3) is 4.62. The fourth-order valence-electron chi connectivity index (χ4n) is 3.23. The fourth-order valence-corrected chi connectivity index (χ4v) is 3.36. The molecule has 6 heteroatoms. The number of methoxy groups -OCH3 is 1. The number of benzene rings is 3. The lowest BCUT2D eigenvalue weighted by Crippen LogP contribution is -2.21. The van der Waals surface area contributed by atoms with Crippen molar-refractivity contribution in [1.82, 2.24) is 0 Å².